The third-order valence-corrected chi connectivity index (χ3v) is 5.47. The molecule has 5 nitrogen and oxygen atoms in total. The molecule has 3 atom stereocenters. The molecule has 2 aliphatic heterocycles. The van der Waals surface area contributed by atoms with Crippen LogP contribution in [-0.2, 0) is 0 Å². The summed E-state index contributed by atoms with van der Waals surface area (Å²) in [5.41, 5.74) is 0. The lowest BCUT2D eigenvalue weighted by Gasteiger charge is -2.42. The number of piperazine rings is 1. The summed E-state index contributed by atoms with van der Waals surface area (Å²) in [7, 11) is 0. The van der Waals surface area contributed by atoms with Gasteiger partial charge in [0, 0.05) is 45.3 Å². The first-order valence-electron chi connectivity index (χ1n) is 9.52. The van der Waals surface area contributed by atoms with Crippen LogP contribution >= 0.6 is 0 Å². The highest BCUT2D eigenvalue weighted by Crippen LogP contribution is 2.17. The number of nitrogens with zero attached hydrogens (tertiary/aromatic N) is 3. The molecule has 2 N–H and O–H groups in total. The maximum Gasteiger partial charge on any atom is 0.0793 e. The number of hydrogen-bond acceptors (Lipinski definition) is 5. The van der Waals surface area contributed by atoms with Gasteiger partial charge in [-0.15, -0.1) is 0 Å². The summed E-state index contributed by atoms with van der Waals surface area (Å²) in [6.07, 6.45) is 3.13. The van der Waals surface area contributed by atoms with Gasteiger partial charge >= 0.3 is 0 Å². The van der Waals surface area contributed by atoms with E-state index in [0.29, 0.717) is 6.04 Å². The van der Waals surface area contributed by atoms with Crippen molar-refractivity contribution in [2.75, 3.05) is 52.4 Å². The Morgan fingerprint density at radius 1 is 0.957 bits per heavy atom. The topological polar surface area (TPSA) is 50.2 Å². The second-order valence-electron chi connectivity index (χ2n) is 7.80. The van der Waals surface area contributed by atoms with Crippen LogP contribution in [0.3, 0.4) is 0 Å². The number of rotatable bonds is 7. The standard InChI is InChI=1S/C18H37N3O2/c1-4-17-12-20(9-10-21(17)11-16(3)22)14-18(23)13-19-7-5-15(2)6-8-19/h15-18,22-23H,4-14H2,1-3H3/t16-,17-,18+/m1/s1. The second-order valence-corrected chi connectivity index (χ2v) is 7.80. The molecule has 0 aliphatic carbocycles. The summed E-state index contributed by atoms with van der Waals surface area (Å²) >= 11 is 0. The molecule has 2 aliphatic rings. The number of piperidine rings is 1. The number of aliphatic hydroxyl groups excluding tert-OH is 2. The summed E-state index contributed by atoms with van der Waals surface area (Å²) in [6.45, 7) is 14.0. The van der Waals surface area contributed by atoms with E-state index in [-0.39, 0.29) is 12.2 Å². The van der Waals surface area contributed by atoms with Crippen LogP contribution in [0.4, 0.5) is 0 Å². The van der Waals surface area contributed by atoms with Crippen molar-refractivity contribution in [3.05, 3.63) is 0 Å². The Morgan fingerprint density at radius 2 is 1.61 bits per heavy atom. The van der Waals surface area contributed by atoms with Crippen molar-refractivity contribution >= 4 is 0 Å². The number of hydrogen-bond donors (Lipinski definition) is 2. The van der Waals surface area contributed by atoms with Crippen molar-refractivity contribution in [1.29, 1.82) is 0 Å². The van der Waals surface area contributed by atoms with E-state index in [9.17, 15) is 10.2 Å². The Bertz CT molecular complexity index is 332. The minimum absolute atomic E-state index is 0.246. The Labute approximate surface area is 142 Å². The van der Waals surface area contributed by atoms with E-state index in [1.165, 1.54) is 12.8 Å². The first-order valence-corrected chi connectivity index (χ1v) is 9.52. The first-order chi connectivity index (χ1) is 11.0. The normalized spacial score (nSPS) is 28.8. The second kappa shape index (κ2) is 9.33. The molecule has 0 bridgehead atoms. The van der Waals surface area contributed by atoms with Gasteiger partial charge in [0.25, 0.3) is 0 Å². The van der Waals surface area contributed by atoms with Crippen LogP contribution in [0.5, 0.6) is 0 Å². The highest BCUT2D eigenvalue weighted by molar-refractivity contribution is 4.84. The molecule has 0 aromatic heterocycles. The SMILES string of the molecule is CC[C@@H]1CN(C[C@@H](O)CN2CCC(C)CC2)CCN1C[C@@H](C)O. The molecule has 0 radical (unpaired) electrons. The average Bonchev–Trinajstić information content (AvgIpc) is 2.50. The molecule has 23 heavy (non-hydrogen) atoms. The zero-order valence-corrected chi connectivity index (χ0v) is 15.3. The smallest absolute Gasteiger partial charge is 0.0793 e. The lowest BCUT2D eigenvalue weighted by molar-refractivity contribution is 0.00769. The summed E-state index contributed by atoms with van der Waals surface area (Å²) in [6, 6.07) is 0.501. The van der Waals surface area contributed by atoms with Gasteiger partial charge in [0.1, 0.15) is 0 Å². The van der Waals surface area contributed by atoms with E-state index >= 15 is 0 Å². The number of aliphatic hydroxyl groups is 2. The van der Waals surface area contributed by atoms with Gasteiger partial charge in [-0.3, -0.25) is 9.80 Å². The monoisotopic (exact) mass is 327 g/mol. The van der Waals surface area contributed by atoms with Crippen molar-refractivity contribution < 1.29 is 10.2 Å². The molecule has 2 fully saturated rings. The minimum atomic E-state index is -0.261. The highest BCUT2D eigenvalue weighted by Gasteiger charge is 2.28. The highest BCUT2D eigenvalue weighted by atomic mass is 16.3. The van der Waals surface area contributed by atoms with E-state index in [2.05, 4.69) is 28.5 Å². The fourth-order valence-electron chi connectivity index (χ4n) is 3.99. The quantitative estimate of drug-likeness (QED) is 0.726. The largest absolute Gasteiger partial charge is 0.392 e. The third kappa shape index (κ3) is 6.31. The zero-order chi connectivity index (χ0) is 16.8. The molecular formula is C18H37N3O2. The molecule has 0 unspecified atom stereocenters. The molecule has 0 aromatic carbocycles. The van der Waals surface area contributed by atoms with Crippen molar-refractivity contribution in [3.8, 4) is 0 Å². The molecule has 136 valence electrons. The first kappa shape index (κ1) is 19.1. The Balaban J connectivity index is 1.73. The van der Waals surface area contributed by atoms with Crippen LogP contribution in [0.25, 0.3) is 0 Å². The van der Waals surface area contributed by atoms with E-state index in [1.807, 2.05) is 6.92 Å². The fraction of sp³-hybridized carbons (Fsp3) is 1.00. The molecule has 0 spiro atoms. The zero-order valence-electron chi connectivity index (χ0n) is 15.3. The minimum Gasteiger partial charge on any atom is -0.392 e. The molecule has 5 heteroatoms. The van der Waals surface area contributed by atoms with Gasteiger partial charge < -0.3 is 15.1 Å². The molecule has 2 rings (SSSR count). The Kier molecular flexibility index (Phi) is 7.76. The van der Waals surface area contributed by atoms with Crippen molar-refractivity contribution in [3.63, 3.8) is 0 Å². The molecule has 2 saturated heterocycles. The van der Waals surface area contributed by atoms with Crippen LogP contribution in [0, 0.1) is 5.92 Å². The molecule has 0 aromatic rings. The van der Waals surface area contributed by atoms with Gasteiger partial charge in [-0.2, -0.15) is 0 Å². The molecular weight excluding hydrogens is 290 g/mol. The van der Waals surface area contributed by atoms with Gasteiger partial charge in [-0.25, -0.2) is 0 Å². The van der Waals surface area contributed by atoms with Crippen molar-refractivity contribution in [2.24, 2.45) is 5.92 Å². The van der Waals surface area contributed by atoms with Crippen LogP contribution in [0.2, 0.25) is 0 Å². The molecule has 0 saturated carbocycles. The van der Waals surface area contributed by atoms with E-state index in [4.69, 9.17) is 0 Å². The molecule has 2 heterocycles. The Hall–Kier alpha value is -0.200. The average molecular weight is 328 g/mol. The van der Waals surface area contributed by atoms with Crippen LogP contribution in [0.15, 0.2) is 0 Å². The summed E-state index contributed by atoms with van der Waals surface area (Å²) in [5.74, 6) is 0.843. The predicted octanol–water partition coefficient (Wildman–Crippen LogP) is 0.856. The summed E-state index contributed by atoms with van der Waals surface area (Å²) in [5, 5.41) is 20.1. The van der Waals surface area contributed by atoms with E-state index < -0.39 is 0 Å². The van der Waals surface area contributed by atoms with Crippen molar-refractivity contribution in [2.45, 2.75) is 58.3 Å². The summed E-state index contributed by atoms with van der Waals surface area (Å²) in [4.78, 5) is 7.23. The third-order valence-electron chi connectivity index (χ3n) is 5.47. The fourth-order valence-corrected chi connectivity index (χ4v) is 3.99. The lowest BCUT2D eigenvalue weighted by Crippen LogP contribution is -2.56. The Morgan fingerprint density at radius 3 is 2.22 bits per heavy atom. The summed E-state index contributed by atoms with van der Waals surface area (Å²) < 4.78 is 0. The van der Waals surface area contributed by atoms with Crippen molar-refractivity contribution in [1.82, 2.24) is 14.7 Å². The van der Waals surface area contributed by atoms with Gasteiger partial charge in [-0.05, 0) is 45.2 Å². The number of β-amino-alcohol motifs (C(OH)–C–C–N with tert-alkyl or cyclic N) is 2. The van der Waals surface area contributed by atoms with Crippen LogP contribution < -0.4 is 0 Å². The molecule has 0 amide bonds. The van der Waals surface area contributed by atoms with Gasteiger partial charge in [-0.1, -0.05) is 13.8 Å². The van der Waals surface area contributed by atoms with Crippen LogP contribution in [-0.4, -0.2) is 95.5 Å². The van der Waals surface area contributed by atoms with Gasteiger partial charge in [0.15, 0.2) is 0 Å². The predicted molar refractivity (Wildman–Crippen MR) is 94.6 cm³/mol. The lowest BCUT2D eigenvalue weighted by atomic mass is 9.99. The van der Waals surface area contributed by atoms with E-state index in [0.717, 1.165) is 64.7 Å². The maximum atomic E-state index is 10.5. The van der Waals surface area contributed by atoms with Crippen LogP contribution in [0.1, 0.15) is 40.0 Å². The van der Waals surface area contributed by atoms with E-state index in [1.54, 1.807) is 0 Å². The maximum absolute atomic E-state index is 10.5. The van der Waals surface area contributed by atoms with Gasteiger partial charge in [0.05, 0.1) is 12.2 Å². The van der Waals surface area contributed by atoms with Gasteiger partial charge in [0.2, 0.25) is 0 Å². The number of likely N-dealkylation sites (tertiary alicyclic amines) is 1.